The molecular formula is C10H16O4. The molecule has 0 aromatic rings. The molecule has 1 aliphatic rings. The molecule has 0 aromatic carbocycles. The quantitative estimate of drug-likeness (QED) is 0.506. The molecule has 0 aromatic heterocycles. The highest BCUT2D eigenvalue weighted by Gasteiger charge is 2.20. The molecule has 0 bridgehead atoms. The van der Waals surface area contributed by atoms with Crippen LogP contribution in [0.25, 0.3) is 0 Å². The van der Waals surface area contributed by atoms with Gasteiger partial charge in [0.1, 0.15) is 0 Å². The van der Waals surface area contributed by atoms with E-state index < -0.39 is 0 Å². The third kappa shape index (κ3) is 3.47. The molecule has 4 heteroatoms. The second-order valence-electron chi connectivity index (χ2n) is 2.95. The van der Waals surface area contributed by atoms with Crippen molar-refractivity contribution in [3.8, 4) is 0 Å². The Balaban J connectivity index is 2.36. The lowest BCUT2D eigenvalue weighted by molar-refractivity contribution is -0.137. The molecule has 1 heterocycles. The first-order valence-corrected chi connectivity index (χ1v) is 4.85. The Hall–Kier alpha value is -0.870. The standard InChI is InChI=1S/C10H16O4/c1-3-12-9(11)5-8-6-10(13-4-2)14-7-8/h5,10H,3-4,6-7H2,1-2H3/b8-5-. The van der Waals surface area contributed by atoms with Crippen LogP contribution < -0.4 is 0 Å². The summed E-state index contributed by atoms with van der Waals surface area (Å²) in [5.41, 5.74) is 0.932. The molecule has 0 spiro atoms. The lowest BCUT2D eigenvalue weighted by Gasteiger charge is -2.06. The summed E-state index contributed by atoms with van der Waals surface area (Å²) in [5.74, 6) is -0.303. The summed E-state index contributed by atoms with van der Waals surface area (Å²) >= 11 is 0. The lowest BCUT2D eigenvalue weighted by Crippen LogP contribution is -2.09. The predicted octanol–water partition coefficient (Wildman–Crippen LogP) is 1.26. The molecule has 1 saturated heterocycles. The molecule has 0 aliphatic carbocycles. The third-order valence-electron chi connectivity index (χ3n) is 1.84. The molecular weight excluding hydrogens is 184 g/mol. The molecule has 0 radical (unpaired) electrons. The van der Waals surface area contributed by atoms with Crippen LogP contribution >= 0.6 is 0 Å². The van der Waals surface area contributed by atoms with Crippen molar-refractivity contribution in [2.45, 2.75) is 26.6 Å². The average molecular weight is 200 g/mol. The van der Waals surface area contributed by atoms with Crippen LogP contribution in [-0.4, -0.2) is 32.1 Å². The molecule has 1 rings (SSSR count). The number of hydrogen-bond acceptors (Lipinski definition) is 4. The van der Waals surface area contributed by atoms with Crippen LogP contribution in [0.4, 0.5) is 0 Å². The Labute approximate surface area is 83.8 Å². The van der Waals surface area contributed by atoms with Gasteiger partial charge in [-0.1, -0.05) is 0 Å². The Bertz CT molecular complexity index is 222. The van der Waals surface area contributed by atoms with Crippen molar-refractivity contribution in [3.63, 3.8) is 0 Å². The fourth-order valence-corrected chi connectivity index (χ4v) is 1.28. The van der Waals surface area contributed by atoms with Crippen molar-refractivity contribution in [2.75, 3.05) is 19.8 Å². The molecule has 1 atom stereocenters. The number of rotatable bonds is 4. The lowest BCUT2D eigenvalue weighted by atomic mass is 10.2. The fourth-order valence-electron chi connectivity index (χ4n) is 1.28. The van der Waals surface area contributed by atoms with Crippen LogP contribution in [0, 0.1) is 0 Å². The monoisotopic (exact) mass is 200 g/mol. The minimum absolute atomic E-state index is 0.194. The van der Waals surface area contributed by atoms with E-state index in [0.717, 1.165) is 5.57 Å². The minimum Gasteiger partial charge on any atom is -0.463 e. The Morgan fingerprint density at radius 2 is 2.36 bits per heavy atom. The van der Waals surface area contributed by atoms with E-state index >= 15 is 0 Å². The van der Waals surface area contributed by atoms with E-state index in [1.54, 1.807) is 6.92 Å². The van der Waals surface area contributed by atoms with Gasteiger partial charge >= 0.3 is 5.97 Å². The summed E-state index contributed by atoms with van der Waals surface area (Å²) in [6, 6.07) is 0. The van der Waals surface area contributed by atoms with Crippen molar-refractivity contribution in [1.82, 2.24) is 0 Å². The summed E-state index contributed by atoms with van der Waals surface area (Å²) in [7, 11) is 0. The Kier molecular flexibility index (Phi) is 4.62. The van der Waals surface area contributed by atoms with Crippen molar-refractivity contribution in [1.29, 1.82) is 0 Å². The highest BCUT2D eigenvalue weighted by atomic mass is 16.7. The van der Waals surface area contributed by atoms with Gasteiger partial charge < -0.3 is 14.2 Å². The van der Waals surface area contributed by atoms with Crippen LogP contribution in [-0.2, 0) is 19.0 Å². The smallest absolute Gasteiger partial charge is 0.330 e. The van der Waals surface area contributed by atoms with Crippen LogP contribution in [0.1, 0.15) is 20.3 Å². The van der Waals surface area contributed by atoms with E-state index in [1.807, 2.05) is 6.92 Å². The van der Waals surface area contributed by atoms with Gasteiger partial charge in [0, 0.05) is 19.1 Å². The SMILES string of the molecule is CCOC(=O)/C=C1\COC(OCC)C1. The molecule has 1 aliphatic heterocycles. The zero-order chi connectivity index (χ0) is 10.4. The van der Waals surface area contributed by atoms with E-state index in [-0.39, 0.29) is 12.3 Å². The van der Waals surface area contributed by atoms with Crippen molar-refractivity contribution in [3.05, 3.63) is 11.6 Å². The van der Waals surface area contributed by atoms with Crippen molar-refractivity contribution >= 4 is 5.97 Å². The maximum Gasteiger partial charge on any atom is 0.330 e. The van der Waals surface area contributed by atoms with Crippen LogP contribution in [0.2, 0.25) is 0 Å². The van der Waals surface area contributed by atoms with Crippen molar-refractivity contribution in [2.24, 2.45) is 0 Å². The third-order valence-corrected chi connectivity index (χ3v) is 1.84. The topological polar surface area (TPSA) is 44.8 Å². The molecule has 14 heavy (non-hydrogen) atoms. The molecule has 0 saturated carbocycles. The second-order valence-corrected chi connectivity index (χ2v) is 2.95. The zero-order valence-corrected chi connectivity index (χ0v) is 8.62. The maximum absolute atomic E-state index is 11.1. The molecule has 0 N–H and O–H groups in total. The van der Waals surface area contributed by atoms with E-state index in [9.17, 15) is 4.79 Å². The second kappa shape index (κ2) is 5.78. The largest absolute Gasteiger partial charge is 0.463 e. The average Bonchev–Trinajstić information content (AvgIpc) is 2.53. The van der Waals surface area contributed by atoms with E-state index in [0.29, 0.717) is 26.2 Å². The van der Waals surface area contributed by atoms with Gasteiger partial charge in [0.25, 0.3) is 0 Å². The zero-order valence-electron chi connectivity index (χ0n) is 8.62. The van der Waals surface area contributed by atoms with Gasteiger partial charge in [-0.25, -0.2) is 4.79 Å². The van der Waals surface area contributed by atoms with Gasteiger partial charge in [-0.2, -0.15) is 0 Å². The number of esters is 1. The first kappa shape index (κ1) is 11.2. The number of ether oxygens (including phenoxy) is 3. The normalized spacial score (nSPS) is 24.1. The number of hydrogen-bond donors (Lipinski definition) is 0. The van der Waals surface area contributed by atoms with Crippen LogP contribution in [0.15, 0.2) is 11.6 Å². The van der Waals surface area contributed by atoms with E-state index in [1.165, 1.54) is 6.08 Å². The molecule has 1 fully saturated rings. The molecule has 4 nitrogen and oxygen atoms in total. The first-order valence-electron chi connectivity index (χ1n) is 4.85. The minimum atomic E-state index is -0.303. The summed E-state index contributed by atoms with van der Waals surface area (Å²) in [5, 5.41) is 0. The maximum atomic E-state index is 11.1. The first-order chi connectivity index (χ1) is 6.76. The Morgan fingerprint density at radius 1 is 1.57 bits per heavy atom. The molecule has 80 valence electrons. The van der Waals surface area contributed by atoms with Gasteiger partial charge in [0.15, 0.2) is 6.29 Å². The van der Waals surface area contributed by atoms with E-state index in [2.05, 4.69) is 0 Å². The van der Waals surface area contributed by atoms with Gasteiger partial charge in [-0.05, 0) is 19.4 Å². The van der Waals surface area contributed by atoms with Crippen LogP contribution in [0.5, 0.6) is 0 Å². The van der Waals surface area contributed by atoms with Gasteiger partial charge in [0.2, 0.25) is 0 Å². The molecule has 0 amide bonds. The van der Waals surface area contributed by atoms with E-state index in [4.69, 9.17) is 14.2 Å². The highest BCUT2D eigenvalue weighted by Crippen LogP contribution is 2.19. The van der Waals surface area contributed by atoms with Gasteiger partial charge in [0.05, 0.1) is 13.2 Å². The summed E-state index contributed by atoms with van der Waals surface area (Å²) in [4.78, 5) is 11.1. The number of carbonyl (C=O) groups excluding carboxylic acids is 1. The predicted molar refractivity (Wildman–Crippen MR) is 50.7 cm³/mol. The fraction of sp³-hybridized carbons (Fsp3) is 0.700. The summed E-state index contributed by atoms with van der Waals surface area (Å²) in [6.07, 6.45) is 1.95. The summed E-state index contributed by atoms with van der Waals surface area (Å²) < 4.78 is 15.3. The summed E-state index contributed by atoms with van der Waals surface area (Å²) in [6.45, 7) is 5.18. The Morgan fingerprint density at radius 3 is 3.00 bits per heavy atom. The van der Waals surface area contributed by atoms with Gasteiger partial charge in [-0.15, -0.1) is 0 Å². The van der Waals surface area contributed by atoms with Crippen molar-refractivity contribution < 1.29 is 19.0 Å². The van der Waals surface area contributed by atoms with Crippen LogP contribution in [0.3, 0.4) is 0 Å². The van der Waals surface area contributed by atoms with Gasteiger partial charge in [-0.3, -0.25) is 0 Å². The highest BCUT2D eigenvalue weighted by molar-refractivity contribution is 5.82. The molecule has 1 unspecified atom stereocenters. The number of carbonyl (C=O) groups is 1.